The summed E-state index contributed by atoms with van der Waals surface area (Å²) in [6, 6.07) is 11.0. The topological polar surface area (TPSA) is 53.8 Å². The van der Waals surface area contributed by atoms with Gasteiger partial charge in [0.15, 0.2) is 0 Å². The van der Waals surface area contributed by atoms with Crippen LogP contribution in [0.15, 0.2) is 52.5 Å². The summed E-state index contributed by atoms with van der Waals surface area (Å²) < 4.78 is 12.3. The molecule has 0 saturated heterocycles. The van der Waals surface area contributed by atoms with Crippen molar-refractivity contribution in [3.05, 3.63) is 53.9 Å². The number of aryl methyl sites for hydroxylation is 1. The van der Waals surface area contributed by atoms with E-state index in [1.165, 1.54) is 12.4 Å². The molecule has 1 aromatic heterocycles. The molecule has 17 heavy (non-hydrogen) atoms. The highest BCUT2D eigenvalue weighted by Gasteiger charge is 2.11. The molecular weight excluding hydrogens is 232 g/mol. The lowest BCUT2D eigenvalue weighted by Crippen LogP contribution is -1.97. The minimum absolute atomic E-state index is 0.402. The van der Waals surface area contributed by atoms with Crippen LogP contribution in [0.25, 0.3) is 0 Å². The van der Waals surface area contributed by atoms with Crippen LogP contribution in [0.1, 0.15) is 11.1 Å². The molecule has 2 aromatic rings. The number of rotatable bonds is 2. The maximum absolute atomic E-state index is 12.3. The molecule has 84 valence electrons. The van der Waals surface area contributed by atoms with Crippen molar-refractivity contribution in [2.75, 3.05) is 0 Å². The zero-order valence-corrected chi connectivity index (χ0v) is 10.1. The fourth-order valence-corrected chi connectivity index (χ4v) is 2.52. The number of hydrogen-bond donors (Lipinski definition) is 0. The van der Waals surface area contributed by atoms with Gasteiger partial charge in [0, 0.05) is 17.3 Å². The van der Waals surface area contributed by atoms with Gasteiger partial charge in [0.05, 0.1) is 21.3 Å². The van der Waals surface area contributed by atoms with E-state index in [-0.39, 0.29) is 0 Å². The Morgan fingerprint density at radius 2 is 1.94 bits per heavy atom. The van der Waals surface area contributed by atoms with Crippen molar-refractivity contribution < 1.29 is 4.21 Å². The quantitative estimate of drug-likeness (QED) is 0.812. The molecule has 1 aromatic carbocycles. The van der Waals surface area contributed by atoms with E-state index in [2.05, 4.69) is 4.98 Å². The molecule has 1 heterocycles. The van der Waals surface area contributed by atoms with Gasteiger partial charge in [0.1, 0.15) is 6.07 Å². The van der Waals surface area contributed by atoms with Gasteiger partial charge in [-0.15, -0.1) is 0 Å². The molecule has 3 nitrogen and oxygen atoms in total. The van der Waals surface area contributed by atoms with Gasteiger partial charge in [-0.1, -0.05) is 17.7 Å². The van der Waals surface area contributed by atoms with Crippen LogP contribution in [0.2, 0.25) is 0 Å². The summed E-state index contributed by atoms with van der Waals surface area (Å²) in [5.41, 5.74) is 1.51. The lowest BCUT2D eigenvalue weighted by atomic mass is 10.2. The minimum Gasteiger partial charge on any atom is -0.263 e. The van der Waals surface area contributed by atoms with Crippen molar-refractivity contribution >= 4 is 10.8 Å². The number of nitrogens with zero attached hydrogens (tertiary/aromatic N) is 2. The number of hydrogen-bond acceptors (Lipinski definition) is 3. The first-order valence-corrected chi connectivity index (χ1v) is 6.20. The van der Waals surface area contributed by atoms with Crippen molar-refractivity contribution in [3.8, 4) is 6.07 Å². The number of pyridine rings is 1. The van der Waals surface area contributed by atoms with Gasteiger partial charge in [-0.3, -0.25) is 4.98 Å². The van der Waals surface area contributed by atoms with Crippen LogP contribution in [0.4, 0.5) is 0 Å². The predicted octanol–water partition coefficient (Wildman–Crippen LogP) is 2.43. The molecule has 0 amide bonds. The van der Waals surface area contributed by atoms with Crippen LogP contribution in [-0.2, 0) is 10.8 Å². The Balaban J connectivity index is 2.44. The highest BCUT2D eigenvalue weighted by Crippen LogP contribution is 2.19. The van der Waals surface area contributed by atoms with Gasteiger partial charge >= 0.3 is 0 Å². The zero-order valence-electron chi connectivity index (χ0n) is 9.25. The maximum atomic E-state index is 12.3. The normalized spacial score (nSPS) is 11.8. The Kier molecular flexibility index (Phi) is 3.31. The third kappa shape index (κ3) is 2.40. The fourth-order valence-electron chi connectivity index (χ4n) is 1.41. The molecular formula is C13H10N2OS. The molecule has 1 atom stereocenters. The first-order chi connectivity index (χ1) is 8.22. The second kappa shape index (κ2) is 4.89. The van der Waals surface area contributed by atoms with Crippen LogP contribution < -0.4 is 0 Å². The summed E-state index contributed by atoms with van der Waals surface area (Å²) in [4.78, 5) is 5.05. The minimum atomic E-state index is -1.35. The van der Waals surface area contributed by atoms with Crippen molar-refractivity contribution in [2.24, 2.45) is 0 Å². The monoisotopic (exact) mass is 242 g/mol. The number of nitriles is 1. The first-order valence-electron chi connectivity index (χ1n) is 5.05. The molecule has 0 bridgehead atoms. The van der Waals surface area contributed by atoms with Gasteiger partial charge in [0.2, 0.25) is 0 Å². The van der Waals surface area contributed by atoms with E-state index in [4.69, 9.17) is 5.26 Å². The summed E-state index contributed by atoms with van der Waals surface area (Å²) in [6.07, 6.45) is 3.00. The Morgan fingerprint density at radius 3 is 2.59 bits per heavy atom. The van der Waals surface area contributed by atoms with Gasteiger partial charge in [-0.25, -0.2) is 4.21 Å². The molecule has 4 heteroatoms. The van der Waals surface area contributed by atoms with Crippen molar-refractivity contribution in [1.29, 1.82) is 5.26 Å². The Hall–Kier alpha value is -1.99. The van der Waals surface area contributed by atoms with Crippen LogP contribution in [-0.4, -0.2) is 9.19 Å². The van der Waals surface area contributed by atoms with E-state index in [1.54, 1.807) is 18.2 Å². The molecule has 0 unspecified atom stereocenters. The summed E-state index contributed by atoms with van der Waals surface area (Å²) in [7, 11) is -1.35. The fraction of sp³-hybridized carbons (Fsp3) is 0.0769. The molecule has 0 saturated carbocycles. The Bertz CT molecular complexity index is 600. The van der Waals surface area contributed by atoms with Gasteiger partial charge in [-0.2, -0.15) is 5.26 Å². The third-order valence-corrected chi connectivity index (χ3v) is 3.76. The lowest BCUT2D eigenvalue weighted by Gasteiger charge is -2.03. The van der Waals surface area contributed by atoms with E-state index >= 15 is 0 Å². The predicted molar refractivity (Wildman–Crippen MR) is 64.8 cm³/mol. The molecule has 0 N–H and O–H groups in total. The van der Waals surface area contributed by atoms with E-state index in [9.17, 15) is 4.21 Å². The first kappa shape index (κ1) is 11.5. The molecule has 0 radical (unpaired) electrons. The summed E-state index contributed by atoms with van der Waals surface area (Å²) >= 11 is 0. The highest BCUT2D eigenvalue weighted by molar-refractivity contribution is 7.85. The average molecular weight is 242 g/mol. The van der Waals surface area contributed by atoms with E-state index < -0.39 is 10.8 Å². The molecule has 0 aliphatic rings. The van der Waals surface area contributed by atoms with Crippen LogP contribution in [0.3, 0.4) is 0 Å². The van der Waals surface area contributed by atoms with E-state index in [0.717, 1.165) is 5.56 Å². The van der Waals surface area contributed by atoms with Gasteiger partial charge < -0.3 is 0 Å². The Labute approximate surface area is 102 Å². The summed E-state index contributed by atoms with van der Waals surface area (Å²) in [5, 5.41) is 8.95. The van der Waals surface area contributed by atoms with Crippen LogP contribution in [0, 0.1) is 18.3 Å². The second-order valence-corrected chi connectivity index (χ2v) is 5.01. The van der Waals surface area contributed by atoms with E-state index in [1.807, 2.05) is 25.1 Å². The second-order valence-electron chi connectivity index (χ2n) is 3.57. The third-order valence-electron chi connectivity index (χ3n) is 2.34. The van der Waals surface area contributed by atoms with Gasteiger partial charge in [0.25, 0.3) is 0 Å². The Morgan fingerprint density at radius 1 is 1.24 bits per heavy atom. The zero-order chi connectivity index (χ0) is 12.3. The molecule has 0 spiro atoms. The van der Waals surface area contributed by atoms with Crippen molar-refractivity contribution in [2.45, 2.75) is 16.7 Å². The van der Waals surface area contributed by atoms with E-state index in [0.29, 0.717) is 15.4 Å². The van der Waals surface area contributed by atoms with Gasteiger partial charge in [-0.05, 0) is 25.1 Å². The highest BCUT2D eigenvalue weighted by atomic mass is 32.2. The SMILES string of the molecule is Cc1ccc([S@](=O)c2cnccc2C#N)cc1. The standard InChI is InChI=1S/C13H10N2OS/c1-10-2-4-12(5-3-10)17(16)13-9-15-7-6-11(13)8-14/h2-7,9H,1H3/t17-/m0/s1. The number of aromatic nitrogens is 1. The van der Waals surface area contributed by atoms with Crippen molar-refractivity contribution in [1.82, 2.24) is 4.98 Å². The molecule has 2 rings (SSSR count). The van der Waals surface area contributed by atoms with Crippen LogP contribution in [0.5, 0.6) is 0 Å². The molecule has 0 aliphatic heterocycles. The molecule has 0 fully saturated rings. The van der Waals surface area contributed by atoms with Crippen molar-refractivity contribution in [3.63, 3.8) is 0 Å². The lowest BCUT2D eigenvalue weighted by molar-refractivity contribution is 0.682. The largest absolute Gasteiger partial charge is 0.263 e. The smallest absolute Gasteiger partial charge is 0.101 e. The number of benzene rings is 1. The average Bonchev–Trinajstić information content (AvgIpc) is 2.39. The maximum Gasteiger partial charge on any atom is 0.101 e. The molecule has 0 aliphatic carbocycles. The van der Waals surface area contributed by atoms with Crippen LogP contribution >= 0.6 is 0 Å². The summed E-state index contributed by atoms with van der Waals surface area (Å²) in [5.74, 6) is 0. The summed E-state index contributed by atoms with van der Waals surface area (Å²) in [6.45, 7) is 1.97.